The van der Waals surface area contributed by atoms with Gasteiger partial charge in [0.05, 0.1) is 46.6 Å². The largest absolute Gasteiger partial charge is 0.748 e. The summed E-state index contributed by atoms with van der Waals surface area (Å²) in [6.45, 7) is 6.10. The summed E-state index contributed by atoms with van der Waals surface area (Å²) in [7, 11) is -4.74. The number of Topliss-reactive ketones (excluding diaryl/α,β-unsaturated/α-hetero) is 1. The minimum absolute atomic E-state index is 0.0248. The van der Waals surface area contributed by atoms with E-state index in [-0.39, 0.29) is 36.0 Å². The summed E-state index contributed by atoms with van der Waals surface area (Å²) >= 11 is 0. The first kappa shape index (κ1) is 37.2. The molecule has 0 spiro atoms. The van der Waals surface area contributed by atoms with E-state index >= 15 is 0 Å². The second-order valence-electron chi connectivity index (χ2n) is 14.8. The Bertz CT molecular complexity index is 1670. The average molecular weight is 753 g/mol. The summed E-state index contributed by atoms with van der Waals surface area (Å²) in [4.78, 5) is 15.3. The fourth-order valence-corrected chi connectivity index (χ4v) is 11.7. The van der Waals surface area contributed by atoms with Crippen molar-refractivity contribution in [2.75, 3.05) is 25.6 Å². The van der Waals surface area contributed by atoms with E-state index < -0.39 is 32.2 Å². The maximum atomic E-state index is 11.8. The van der Waals surface area contributed by atoms with E-state index in [9.17, 15) is 17.8 Å². The Hall–Kier alpha value is -3.13. The lowest BCUT2D eigenvalue weighted by Crippen LogP contribution is -2.42. The number of carbonyl (C=O) groups excluding carboxylic acids is 1. The van der Waals surface area contributed by atoms with Crippen LogP contribution >= 0.6 is 0 Å². The van der Waals surface area contributed by atoms with Crippen molar-refractivity contribution in [1.29, 1.82) is 0 Å². The Morgan fingerprint density at radius 1 is 0.712 bits per heavy atom. The molecule has 10 nitrogen and oxygen atoms in total. The van der Waals surface area contributed by atoms with E-state index in [1.807, 2.05) is 32.0 Å². The van der Waals surface area contributed by atoms with Gasteiger partial charge in [-0.2, -0.15) is 0 Å². The summed E-state index contributed by atoms with van der Waals surface area (Å²) in [6, 6.07) is 25.0. The second kappa shape index (κ2) is 15.7. The van der Waals surface area contributed by atoms with Crippen molar-refractivity contribution in [3.05, 3.63) is 72.8 Å². The highest BCUT2D eigenvalue weighted by Crippen LogP contribution is 2.64. The zero-order chi connectivity index (χ0) is 36.3. The van der Waals surface area contributed by atoms with E-state index in [1.165, 1.54) is 0 Å². The molecule has 280 valence electrons. The number of hydrogen-bond acceptors (Lipinski definition) is 10. The van der Waals surface area contributed by atoms with Crippen LogP contribution < -0.4 is 14.2 Å². The van der Waals surface area contributed by atoms with E-state index in [2.05, 4.69) is 54.6 Å². The van der Waals surface area contributed by atoms with Crippen LogP contribution in [0, 0.1) is 16.7 Å². The van der Waals surface area contributed by atoms with Crippen LogP contribution in [0.5, 0.6) is 17.2 Å². The van der Waals surface area contributed by atoms with Crippen LogP contribution in [0.3, 0.4) is 0 Å². The Morgan fingerprint density at radius 2 is 1.13 bits per heavy atom. The van der Waals surface area contributed by atoms with Crippen molar-refractivity contribution in [3.63, 3.8) is 0 Å². The second-order valence-corrected chi connectivity index (χ2v) is 18.2. The molecule has 12 heteroatoms. The number of benzene rings is 3. The van der Waals surface area contributed by atoms with Crippen molar-refractivity contribution in [2.45, 2.75) is 105 Å². The smallest absolute Gasteiger partial charge is 0.199 e. The number of ketones is 1. The Labute approximate surface area is 309 Å². The number of rotatable bonds is 11. The minimum Gasteiger partial charge on any atom is -0.748 e. The van der Waals surface area contributed by atoms with Gasteiger partial charge in [-0.15, -0.1) is 0 Å². The Balaban J connectivity index is 0.000000234. The van der Waals surface area contributed by atoms with Crippen molar-refractivity contribution in [2.24, 2.45) is 16.7 Å². The molecular formula is C40H48O10S2. The summed E-state index contributed by atoms with van der Waals surface area (Å²) in [6.07, 6.45) is 7.19. The Kier molecular flexibility index (Phi) is 11.2. The molecule has 5 unspecified atom stereocenters. The summed E-state index contributed by atoms with van der Waals surface area (Å²) < 4.78 is 68.3. The van der Waals surface area contributed by atoms with Gasteiger partial charge in [-0.05, 0) is 79.8 Å². The van der Waals surface area contributed by atoms with Crippen LogP contribution in [-0.2, 0) is 40.0 Å². The third-order valence-corrected chi connectivity index (χ3v) is 14.2. The standard InChI is InChI=1S/C30H33O6S.C10H16O4S/c1-7-22(34-28-13-4-16-31-28)19-25(10-1)37(26-11-2-8-23(20-26)35-29-14-5-17-32-29)27-12-3-9-24(21-27)36-30-15-6-18-33-30;1-9(2)7-3-4-10(9,8(11)5-7)6-15(12,13)14/h1-3,7-12,19-21,28-30H,4-6,13-18H2;7H,3-6H2,1-2H3,(H,12,13,14)/q+1;/p-1. The van der Waals surface area contributed by atoms with E-state index in [0.717, 1.165) is 96.7 Å². The zero-order valence-corrected chi connectivity index (χ0v) is 31.5. The quantitative estimate of drug-likeness (QED) is 0.146. The molecular weight excluding hydrogens is 705 g/mol. The van der Waals surface area contributed by atoms with E-state index in [1.54, 1.807) is 0 Å². The Morgan fingerprint density at radius 3 is 1.44 bits per heavy atom. The molecule has 52 heavy (non-hydrogen) atoms. The van der Waals surface area contributed by atoms with Crippen molar-refractivity contribution < 1.29 is 46.2 Å². The maximum absolute atomic E-state index is 11.8. The van der Waals surface area contributed by atoms with Gasteiger partial charge in [-0.1, -0.05) is 32.0 Å². The lowest BCUT2D eigenvalue weighted by Gasteiger charge is -2.37. The third-order valence-electron chi connectivity index (χ3n) is 11.2. The van der Waals surface area contributed by atoms with Crippen LogP contribution in [0.2, 0.25) is 0 Å². The van der Waals surface area contributed by atoms with Gasteiger partial charge in [-0.25, -0.2) is 8.42 Å². The third kappa shape index (κ3) is 8.32. The molecule has 5 fully saturated rings. The number of ether oxygens (including phenoxy) is 6. The summed E-state index contributed by atoms with van der Waals surface area (Å²) in [5, 5.41) is 0. The van der Waals surface area contributed by atoms with Crippen LogP contribution in [0.1, 0.15) is 71.6 Å². The molecule has 8 rings (SSSR count). The molecule has 5 atom stereocenters. The molecule has 0 N–H and O–H groups in total. The van der Waals surface area contributed by atoms with Gasteiger partial charge >= 0.3 is 0 Å². The molecule has 3 saturated heterocycles. The molecule has 3 aliphatic heterocycles. The van der Waals surface area contributed by atoms with Crippen molar-refractivity contribution >= 4 is 26.8 Å². The minimum atomic E-state index is -4.33. The molecule has 2 aliphatic carbocycles. The molecule has 3 heterocycles. The van der Waals surface area contributed by atoms with Crippen molar-refractivity contribution in [3.8, 4) is 17.2 Å². The van der Waals surface area contributed by atoms with Crippen LogP contribution in [0.25, 0.3) is 0 Å². The summed E-state index contributed by atoms with van der Waals surface area (Å²) in [5.74, 6) is 2.18. The molecule has 2 saturated carbocycles. The van der Waals surface area contributed by atoms with Gasteiger partial charge in [0.2, 0.25) is 0 Å². The maximum Gasteiger partial charge on any atom is 0.199 e. The predicted octanol–water partition coefficient (Wildman–Crippen LogP) is 7.25. The van der Waals surface area contributed by atoms with E-state index in [4.69, 9.17) is 28.4 Å². The first-order valence-electron chi connectivity index (χ1n) is 18.4. The van der Waals surface area contributed by atoms with Gasteiger partial charge < -0.3 is 33.0 Å². The van der Waals surface area contributed by atoms with Crippen LogP contribution in [-0.4, -0.2) is 63.2 Å². The lowest BCUT2D eigenvalue weighted by molar-refractivity contribution is -0.128. The molecule has 5 aliphatic rings. The topological polar surface area (TPSA) is 130 Å². The highest BCUT2D eigenvalue weighted by atomic mass is 32.2. The highest BCUT2D eigenvalue weighted by Gasteiger charge is 2.64. The van der Waals surface area contributed by atoms with Crippen molar-refractivity contribution in [1.82, 2.24) is 0 Å². The number of fused-ring (bicyclic) bond motifs is 2. The zero-order valence-electron chi connectivity index (χ0n) is 29.8. The molecule has 3 aromatic carbocycles. The molecule has 2 bridgehead atoms. The SMILES string of the molecule is CC1(C)C2CCC1(CS(=O)(=O)[O-])C(=O)C2.c1cc(OC2CCCO2)cc([S+](c2cccc(OC3CCCO3)c2)c2cccc(OC3CCCO3)c2)c1. The fourth-order valence-electron chi connectivity index (χ4n) is 8.22. The van der Waals surface area contributed by atoms with Gasteiger partial charge in [0.15, 0.2) is 33.6 Å². The highest BCUT2D eigenvalue weighted by molar-refractivity contribution is 7.97. The van der Waals surface area contributed by atoms with Gasteiger partial charge in [0.1, 0.15) is 23.0 Å². The molecule has 3 aromatic rings. The molecule has 0 amide bonds. The molecule has 0 aromatic heterocycles. The number of hydrogen-bond donors (Lipinski definition) is 0. The van der Waals surface area contributed by atoms with Crippen LogP contribution in [0.15, 0.2) is 87.5 Å². The predicted molar refractivity (Wildman–Crippen MR) is 193 cm³/mol. The van der Waals surface area contributed by atoms with Gasteiger partial charge in [-0.3, -0.25) is 4.79 Å². The first-order valence-corrected chi connectivity index (χ1v) is 21.2. The number of carbonyl (C=O) groups is 1. The summed E-state index contributed by atoms with van der Waals surface area (Å²) in [5.41, 5.74) is -1.22. The average Bonchev–Trinajstić information content (AvgIpc) is 3.95. The normalized spacial score (nSPS) is 28.3. The van der Waals surface area contributed by atoms with Gasteiger partial charge in [0.25, 0.3) is 0 Å². The molecule has 0 radical (unpaired) electrons. The van der Waals surface area contributed by atoms with E-state index in [0.29, 0.717) is 12.8 Å². The fraction of sp³-hybridized carbons (Fsp3) is 0.525. The lowest BCUT2D eigenvalue weighted by atomic mass is 9.70. The first-order chi connectivity index (χ1) is 25.0. The monoisotopic (exact) mass is 752 g/mol. The van der Waals surface area contributed by atoms with Crippen LogP contribution in [0.4, 0.5) is 0 Å². The van der Waals surface area contributed by atoms with Gasteiger partial charge in [0, 0.05) is 49.3 Å².